The maximum absolute atomic E-state index is 10.0. The molecule has 0 bridgehead atoms. The number of ether oxygens (including phenoxy) is 2. The number of phenols is 1. The van der Waals surface area contributed by atoms with Crippen LogP contribution < -0.4 is 14.8 Å². The molecule has 21 heavy (non-hydrogen) atoms. The fourth-order valence-corrected chi connectivity index (χ4v) is 2.07. The quantitative estimate of drug-likeness (QED) is 0.853. The van der Waals surface area contributed by atoms with E-state index in [0.717, 1.165) is 11.3 Å². The summed E-state index contributed by atoms with van der Waals surface area (Å²) in [6.07, 6.45) is 1.68. The number of pyridine rings is 1. The van der Waals surface area contributed by atoms with Crippen LogP contribution in [-0.2, 0) is 0 Å². The minimum absolute atomic E-state index is 0.122. The number of nitrogens with zero attached hydrogens (tertiary/aromatic N) is 1. The first-order valence-electron chi connectivity index (χ1n) is 6.87. The van der Waals surface area contributed by atoms with Gasteiger partial charge in [0.15, 0.2) is 0 Å². The summed E-state index contributed by atoms with van der Waals surface area (Å²) in [7, 11) is 1.60. The van der Waals surface area contributed by atoms with Gasteiger partial charge in [0, 0.05) is 11.8 Å². The van der Waals surface area contributed by atoms with E-state index in [2.05, 4.69) is 10.3 Å². The maximum Gasteiger partial charge on any atom is 0.237 e. The molecule has 0 aliphatic carbocycles. The summed E-state index contributed by atoms with van der Waals surface area (Å²) in [5.74, 6) is 1.47. The number of methoxy groups -OCH3 is 1. The smallest absolute Gasteiger partial charge is 0.237 e. The number of anilines is 1. The first kappa shape index (κ1) is 15.0. The van der Waals surface area contributed by atoms with Gasteiger partial charge in [0.2, 0.25) is 5.88 Å². The molecule has 0 radical (unpaired) electrons. The van der Waals surface area contributed by atoms with E-state index in [1.807, 2.05) is 32.0 Å². The van der Waals surface area contributed by atoms with Crippen molar-refractivity contribution in [3.8, 4) is 17.4 Å². The van der Waals surface area contributed by atoms with Crippen LogP contribution in [0.3, 0.4) is 0 Å². The highest BCUT2D eigenvalue weighted by atomic mass is 16.5. The van der Waals surface area contributed by atoms with Gasteiger partial charge >= 0.3 is 0 Å². The predicted molar refractivity (Wildman–Crippen MR) is 82.1 cm³/mol. The van der Waals surface area contributed by atoms with Gasteiger partial charge < -0.3 is 19.9 Å². The SMILES string of the molecule is CCOc1ncccc1NC(C)c1cc(OC)ccc1O. The molecule has 5 nitrogen and oxygen atoms in total. The molecule has 1 heterocycles. The Bertz CT molecular complexity index is 602. The molecule has 2 rings (SSSR count). The van der Waals surface area contributed by atoms with E-state index in [1.54, 1.807) is 25.4 Å². The topological polar surface area (TPSA) is 63.6 Å². The number of rotatable bonds is 6. The summed E-state index contributed by atoms with van der Waals surface area (Å²) in [4.78, 5) is 4.20. The monoisotopic (exact) mass is 288 g/mol. The lowest BCUT2D eigenvalue weighted by atomic mass is 10.1. The minimum atomic E-state index is -0.122. The second-order valence-electron chi connectivity index (χ2n) is 4.58. The van der Waals surface area contributed by atoms with E-state index in [1.165, 1.54) is 0 Å². The zero-order valence-electron chi connectivity index (χ0n) is 12.5. The standard InChI is InChI=1S/C16H20N2O3/c1-4-21-16-14(6-5-9-17-16)18-11(2)13-10-12(20-3)7-8-15(13)19/h5-11,18-19H,4H2,1-3H3. The molecule has 0 saturated heterocycles. The van der Waals surface area contributed by atoms with Crippen molar-refractivity contribution in [3.05, 3.63) is 42.1 Å². The van der Waals surface area contributed by atoms with Gasteiger partial charge in [-0.3, -0.25) is 0 Å². The molecule has 0 saturated carbocycles. The summed E-state index contributed by atoms with van der Waals surface area (Å²) >= 11 is 0. The molecule has 0 fully saturated rings. The van der Waals surface area contributed by atoms with E-state index < -0.39 is 0 Å². The summed E-state index contributed by atoms with van der Waals surface area (Å²) in [5.41, 5.74) is 1.54. The van der Waals surface area contributed by atoms with Crippen LogP contribution in [0.25, 0.3) is 0 Å². The van der Waals surface area contributed by atoms with Gasteiger partial charge in [-0.05, 0) is 44.2 Å². The van der Waals surface area contributed by atoms with Crippen LogP contribution in [0.5, 0.6) is 17.4 Å². The van der Waals surface area contributed by atoms with Gasteiger partial charge in [-0.1, -0.05) is 0 Å². The van der Waals surface area contributed by atoms with Crippen molar-refractivity contribution in [3.63, 3.8) is 0 Å². The van der Waals surface area contributed by atoms with E-state index in [0.29, 0.717) is 18.2 Å². The predicted octanol–water partition coefficient (Wildman–Crippen LogP) is 3.37. The van der Waals surface area contributed by atoms with E-state index in [-0.39, 0.29) is 11.8 Å². The molecule has 1 unspecified atom stereocenters. The minimum Gasteiger partial charge on any atom is -0.508 e. The largest absolute Gasteiger partial charge is 0.508 e. The Morgan fingerprint density at radius 1 is 1.33 bits per heavy atom. The van der Waals surface area contributed by atoms with Crippen molar-refractivity contribution >= 4 is 5.69 Å². The summed E-state index contributed by atoms with van der Waals surface area (Å²) in [6.45, 7) is 4.41. The van der Waals surface area contributed by atoms with Crippen LogP contribution in [0.1, 0.15) is 25.5 Å². The lowest BCUT2D eigenvalue weighted by Crippen LogP contribution is -2.09. The third kappa shape index (κ3) is 3.56. The summed E-state index contributed by atoms with van der Waals surface area (Å²) in [5, 5.41) is 13.3. The van der Waals surface area contributed by atoms with Gasteiger partial charge in [0.05, 0.1) is 25.4 Å². The van der Waals surface area contributed by atoms with E-state index >= 15 is 0 Å². The van der Waals surface area contributed by atoms with Gasteiger partial charge in [0.25, 0.3) is 0 Å². The van der Waals surface area contributed by atoms with Crippen LogP contribution in [0.15, 0.2) is 36.5 Å². The molecule has 5 heteroatoms. The Morgan fingerprint density at radius 2 is 2.14 bits per heavy atom. The Hall–Kier alpha value is -2.43. The van der Waals surface area contributed by atoms with Crippen molar-refractivity contribution in [1.29, 1.82) is 0 Å². The molecule has 2 N–H and O–H groups in total. The molecule has 1 aromatic carbocycles. The number of hydrogen-bond donors (Lipinski definition) is 2. The molecule has 1 atom stereocenters. The van der Waals surface area contributed by atoms with Crippen molar-refractivity contribution in [2.45, 2.75) is 19.9 Å². The second kappa shape index (κ2) is 6.83. The Kier molecular flexibility index (Phi) is 4.87. The van der Waals surface area contributed by atoms with Crippen molar-refractivity contribution in [2.75, 3.05) is 19.0 Å². The molecule has 0 amide bonds. The third-order valence-electron chi connectivity index (χ3n) is 3.13. The Morgan fingerprint density at radius 3 is 2.86 bits per heavy atom. The summed E-state index contributed by atoms with van der Waals surface area (Å²) < 4.78 is 10.7. The van der Waals surface area contributed by atoms with Crippen molar-refractivity contribution < 1.29 is 14.6 Å². The molecule has 112 valence electrons. The molecule has 2 aromatic rings. The van der Waals surface area contributed by atoms with Crippen LogP contribution in [0.2, 0.25) is 0 Å². The highest BCUT2D eigenvalue weighted by molar-refractivity contribution is 5.55. The van der Waals surface area contributed by atoms with Crippen LogP contribution >= 0.6 is 0 Å². The van der Waals surface area contributed by atoms with E-state index in [9.17, 15) is 5.11 Å². The highest BCUT2D eigenvalue weighted by Gasteiger charge is 2.14. The number of hydrogen-bond acceptors (Lipinski definition) is 5. The van der Waals surface area contributed by atoms with Gasteiger partial charge in [-0.25, -0.2) is 4.98 Å². The van der Waals surface area contributed by atoms with Crippen LogP contribution in [0.4, 0.5) is 5.69 Å². The average Bonchev–Trinajstić information content (AvgIpc) is 2.50. The zero-order chi connectivity index (χ0) is 15.2. The molecule has 1 aromatic heterocycles. The average molecular weight is 288 g/mol. The summed E-state index contributed by atoms with van der Waals surface area (Å²) in [6, 6.07) is 8.77. The number of benzene rings is 1. The lowest BCUT2D eigenvalue weighted by Gasteiger charge is -2.19. The number of phenolic OH excluding ortho intramolecular Hbond substituents is 1. The highest BCUT2D eigenvalue weighted by Crippen LogP contribution is 2.32. The van der Waals surface area contributed by atoms with E-state index in [4.69, 9.17) is 9.47 Å². The molecule has 0 aliphatic rings. The van der Waals surface area contributed by atoms with Gasteiger partial charge in [0.1, 0.15) is 11.5 Å². The van der Waals surface area contributed by atoms with Gasteiger partial charge in [-0.15, -0.1) is 0 Å². The van der Waals surface area contributed by atoms with Crippen LogP contribution in [0, 0.1) is 0 Å². The van der Waals surface area contributed by atoms with Crippen molar-refractivity contribution in [1.82, 2.24) is 4.98 Å². The first-order valence-corrected chi connectivity index (χ1v) is 6.87. The fourth-order valence-electron chi connectivity index (χ4n) is 2.07. The fraction of sp³-hybridized carbons (Fsp3) is 0.312. The number of aromatic hydroxyl groups is 1. The lowest BCUT2D eigenvalue weighted by molar-refractivity contribution is 0.328. The second-order valence-corrected chi connectivity index (χ2v) is 4.58. The maximum atomic E-state index is 10.0. The Labute approximate surface area is 124 Å². The normalized spacial score (nSPS) is 11.8. The molecule has 0 spiro atoms. The molecule has 0 aliphatic heterocycles. The number of nitrogens with one attached hydrogen (secondary N) is 1. The third-order valence-corrected chi connectivity index (χ3v) is 3.13. The molecular formula is C16H20N2O3. The first-order chi connectivity index (χ1) is 10.2. The Balaban J connectivity index is 2.23. The molecular weight excluding hydrogens is 268 g/mol. The van der Waals surface area contributed by atoms with Crippen LogP contribution in [-0.4, -0.2) is 23.8 Å². The van der Waals surface area contributed by atoms with Crippen molar-refractivity contribution in [2.24, 2.45) is 0 Å². The number of aromatic nitrogens is 1. The van der Waals surface area contributed by atoms with Gasteiger partial charge in [-0.2, -0.15) is 0 Å². The zero-order valence-corrected chi connectivity index (χ0v) is 12.5.